The standard InChI is InChI=1S/C14H20ClNO2/c15-10-6-7-12(17)11(8-10)13(16)14(18)9-4-2-1-3-5-9/h6-9,13-14,17-18H,1-5,16H2/t13-,14+/m0/s1. The number of aliphatic hydroxyl groups excluding tert-OH is 1. The summed E-state index contributed by atoms with van der Waals surface area (Å²) in [6.45, 7) is 0. The van der Waals surface area contributed by atoms with Gasteiger partial charge in [-0.3, -0.25) is 0 Å². The Kier molecular flexibility index (Phi) is 4.49. The zero-order valence-electron chi connectivity index (χ0n) is 10.3. The molecule has 2 rings (SSSR count). The van der Waals surface area contributed by atoms with Crippen molar-refractivity contribution in [2.24, 2.45) is 11.7 Å². The maximum Gasteiger partial charge on any atom is 0.120 e. The summed E-state index contributed by atoms with van der Waals surface area (Å²) in [6.07, 6.45) is 4.94. The molecule has 1 aromatic carbocycles. The van der Waals surface area contributed by atoms with E-state index >= 15 is 0 Å². The van der Waals surface area contributed by atoms with Crippen LogP contribution in [0.1, 0.15) is 43.7 Å². The first-order chi connectivity index (χ1) is 8.59. The Labute approximate surface area is 113 Å². The molecule has 1 aliphatic rings. The molecule has 1 aromatic rings. The first-order valence-electron chi connectivity index (χ1n) is 6.51. The molecular formula is C14H20ClNO2. The Bertz CT molecular complexity index is 405. The Balaban J connectivity index is 2.13. The summed E-state index contributed by atoms with van der Waals surface area (Å²) in [5.74, 6) is 0.328. The summed E-state index contributed by atoms with van der Waals surface area (Å²) in [7, 11) is 0. The molecule has 0 aliphatic heterocycles. The number of benzene rings is 1. The van der Waals surface area contributed by atoms with Crippen LogP contribution in [0.15, 0.2) is 18.2 Å². The fraction of sp³-hybridized carbons (Fsp3) is 0.571. The average Bonchev–Trinajstić information content (AvgIpc) is 2.41. The van der Waals surface area contributed by atoms with Gasteiger partial charge in [0.15, 0.2) is 0 Å². The van der Waals surface area contributed by atoms with Gasteiger partial charge in [-0.05, 0) is 37.0 Å². The van der Waals surface area contributed by atoms with Gasteiger partial charge in [-0.1, -0.05) is 30.9 Å². The number of nitrogens with two attached hydrogens (primary N) is 1. The lowest BCUT2D eigenvalue weighted by Gasteiger charge is -2.30. The van der Waals surface area contributed by atoms with Crippen molar-refractivity contribution in [2.75, 3.05) is 0 Å². The Morgan fingerprint density at radius 2 is 1.89 bits per heavy atom. The number of phenolic OH excluding ortho intramolecular Hbond substituents is 1. The van der Waals surface area contributed by atoms with Crippen molar-refractivity contribution in [1.82, 2.24) is 0 Å². The van der Waals surface area contributed by atoms with Crippen LogP contribution in [-0.4, -0.2) is 16.3 Å². The van der Waals surface area contributed by atoms with Gasteiger partial charge >= 0.3 is 0 Å². The highest BCUT2D eigenvalue weighted by molar-refractivity contribution is 6.30. The highest BCUT2D eigenvalue weighted by Gasteiger charge is 2.29. The molecule has 1 aliphatic carbocycles. The van der Waals surface area contributed by atoms with Crippen molar-refractivity contribution in [3.05, 3.63) is 28.8 Å². The molecule has 4 N–H and O–H groups in total. The van der Waals surface area contributed by atoms with Crippen LogP contribution in [-0.2, 0) is 0 Å². The number of aromatic hydroxyl groups is 1. The lowest BCUT2D eigenvalue weighted by molar-refractivity contribution is 0.0611. The summed E-state index contributed by atoms with van der Waals surface area (Å²) in [6, 6.07) is 4.19. The maximum absolute atomic E-state index is 10.3. The van der Waals surface area contributed by atoms with Crippen molar-refractivity contribution >= 4 is 11.6 Å². The highest BCUT2D eigenvalue weighted by Crippen LogP contribution is 2.34. The van der Waals surface area contributed by atoms with Crippen LogP contribution >= 0.6 is 11.6 Å². The Morgan fingerprint density at radius 3 is 2.56 bits per heavy atom. The molecular weight excluding hydrogens is 250 g/mol. The van der Waals surface area contributed by atoms with Gasteiger partial charge in [0.25, 0.3) is 0 Å². The molecule has 0 heterocycles. The van der Waals surface area contributed by atoms with Gasteiger partial charge in [-0.15, -0.1) is 0 Å². The average molecular weight is 270 g/mol. The van der Waals surface area contributed by atoms with Crippen molar-refractivity contribution < 1.29 is 10.2 Å². The smallest absolute Gasteiger partial charge is 0.120 e. The van der Waals surface area contributed by atoms with Gasteiger partial charge in [0, 0.05) is 10.6 Å². The van der Waals surface area contributed by atoms with Crippen molar-refractivity contribution in [3.8, 4) is 5.75 Å². The molecule has 1 fully saturated rings. The van der Waals surface area contributed by atoms with E-state index < -0.39 is 12.1 Å². The van der Waals surface area contributed by atoms with Crippen LogP contribution in [0.2, 0.25) is 5.02 Å². The molecule has 3 nitrogen and oxygen atoms in total. The quantitative estimate of drug-likeness (QED) is 0.790. The zero-order chi connectivity index (χ0) is 13.1. The Hall–Kier alpha value is -0.770. The van der Waals surface area contributed by atoms with Gasteiger partial charge in [-0.25, -0.2) is 0 Å². The summed E-state index contributed by atoms with van der Waals surface area (Å²) in [5, 5.41) is 20.7. The van der Waals surface area contributed by atoms with Crippen molar-refractivity contribution in [2.45, 2.75) is 44.2 Å². The van der Waals surface area contributed by atoms with Crippen LogP contribution in [0.3, 0.4) is 0 Å². The molecule has 100 valence electrons. The predicted molar refractivity (Wildman–Crippen MR) is 72.6 cm³/mol. The topological polar surface area (TPSA) is 66.5 Å². The maximum atomic E-state index is 10.3. The molecule has 2 atom stereocenters. The lowest BCUT2D eigenvalue weighted by Crippen LogP contribution is -2.34. The van der Waals surface area contributed by atoms with E-state index in [4.69, 9.17) is 17.3 Å². The second-order valence-corrected chi connectivity index (χ2v) is 5.55. The van der Waals surface area contributed by atoms with E-state index in [9.17, 15) is 10.2 Å². The first kappa shape index (κ1) is 13.7. The van der Waals surface area contributed by atoms with Crippen LogP contribution in [0.4, 0.5) is 0 Å². The van der Waals surface area contributed by atoms with E-state index in [1.54, 1.807) is 12.1 Å². The van der Waals surface area contributed by atoms with Crippen LogP contribution < -0.4 is 5.73 Å². The molecule has 0 amide bonds. The molecule has 1 saturated carbocycles. The molecule has 0 spiro atoms. The third-order valence-electron chi connectivity index (χ3n) is 3.85. The van der Waals surface area contributed by atoms with Gasteiger partial charge in [0.05, 0.1) is 12.1 Å². The van der Waals surface area contributed by atoms with Gasteiger partial charge in [-0.2, -0.15) is 0 Å². The SMILES string of the molecule is N[C@@H](c1cc(Cl)ccc1O)[C@H](O)C1CCCCC1. The van der Waals surface area contributed by atoms with Gasteiger partial charge in [0.2, 0.25) is 0 Å². The lowest BCUT2D eigenvalue weighted by atomic mass is 9.81. The number of hydrogen-bond acceptors (Lipinski definition) is 3. The van der Waals surface area contributed by atoms with Crippen LogP contribution in [0, 0.1) is 5.92 Å². The summed E-state index contributed by atoms with van der Waals surface area (Å²) in [4.78, 5) is 0. The van der Waals surface area contributed by atoms with E-state index in [-0.39, 0.29) is 11.7 Å². The molecule has 18 heavy (non-hydrogen) atoms. The zero-order valence-corrected chi connectivity index (χ0v) is 11.1. The third-order valence-corrected chi connectivity index (χ3v) is 4.08. The fourth-order valence-corrected chi connectivity index (χ4v) is 2.93. The van der Waals surface area contributed by atoms with E-state index in [0.29, 0.717) is 10.6 Å². The largest absolute Gasteiger partial charge is 0.508 e. The van der Waals surface area contributed by atoms with Gasteiger partial charge < -0.3 is 15.9 Å². The minimum Gasteiger partial charge on any atom is -0.508 e. The monoisotopic (exact) mass is 269 g/mol. The van der Waals surface area contributed by atoms with Crippen LogP contribution in [0.25, 0.3) is 0 Å². The molecule has 0 bridgehead atoms. The molecule has 4 heteroatoms. The predicted octanol–water partition coefficient (Wildman–Crippen LogP) is 2.99. The summed E-state index contributed by atoms with van der Waals surface area (Å²) < 4.78 is 0. The summed E-state index contributed by atoms with van der Waals surface area (Å²) in [5.41, 5.74) is 6.60. The minimum absolute atomic E-state index is 0.0989. The number of phenols is 1. The van der Waals surface area contributed by atoms with E-state index in [1.165, 1.54) is 12.5 Å². The normalized spacial score (nSPS) is 20.6. The first-order valence-corrected chi connectivity index (χ1v) is 6.89. The molecule has 0 saturated heterocycles. The fourth-order valence-electron chi connectivity index (χ4n) is 2.75. The number of halogens is 1. The summed E-state index contributed by atoms with van der Waals surface area (Å²) >= 11 is 5.90. The van der Waals surface area contributed by atoms with E-state index in [1.807, 2.05) is 0 Å². The van der Waals surface area contributed by atoms with Crippen LogP contribution in [0.5, 0.6) is 5.75 Å². The minimum atomic E-state index is -0.616. The Morgan fingerprint density at radius 1 is 1.22 bits per heavy atom. The third kappa shape index (κ3) is 2.97. The second kappa shape index (κ2) is 5.91. The number of rotatable bonds is 3. The second-order valence-electron chi connectivity index (χ2n) is 5.12. The molecule has 0 radical (unpaired) electrons. The van der Waals surface area contributed by atoms with E-state index in [0.717, 1.165) is 25.7 Å². The molecule has 0 aromatic heterocycles. The van der Waals surface area contributed by atoms with E-state index in [2.05, 4.69) is 0 Å². The van der Waals surface area contributed by atoms with Crippen molar-refractivity contribution in [1.29, 1.82) is 0 Å². The number of hydrogen-bond donors (Lipinski definition) is 3. The van der Waals surface area contributed by atoms with Gasteiger partial charge in [0.1, 0.15) is 5.75 Å². The van der Waals surface area contributed by atoms with Crippen molar-refractivity contribution in [3.63, 3.8) is 0 Å². The number of aliphatic hydroxyl groups is 1. The highest BCUT2D eigenvalue weighted by atomic mass is 35.5. The molecule has 0 unspecified atom stereocenters.